The number of amides is 1. The summed E-state index contributed by atoms with van der Waals surface area (Å²) in [7, 11) is 0. The van der Waals surface area contributed by atoms with E-state index in [4.69, 9.17) is 0 Å². The maximum atomic E-state index is 12.8. The molecule has 0 aromatic heterocycles. The minimum Gasteiger partial charge on any atom is -0.480 e. The number of nitrogens with one attached hydrogen (secondary N) is 1. The average Bonchev–Trinajstić information content (AvgIpc) is 2.71. The molecule has 2 N–H and O–H groups in total. The van der Waals surface area contributed by atoms with Gasteiger partial charge in [0, 0.05) is 24.2 Å². The van der Waals surface area contributed by atoms with Gasteiger partial charge in [0.15, 0.2) is 5.12 Å². The van der Waals surface area contributed by atoms with Crippen molar-refractivity contribution >= 4 is 40.5 Å². The van der Waals surface area contributed by atoms with Crippen LogP contribution >= 0.6 is 23.5 Å². The highest BCUT2D eigenvalue weighted by molar-refractivity contribution is 8.13. The van der Waals surface area contributed by atoms with Crippen LogP contribution in [0.25, 0.3) is 0 Å². The highest BCUT2D eigenvalue weighted by atomic mass is 32.2. The lowest BCUT2D eigenvalue weighted by Gasteiger charge is -2.20. The first kappa shape index (κ1) is 23.0. The van der Waals surface area contributed by atoms with E-state index >= 15 is 0 Å². The topological polar surface area (TPSA) is 83.5 Å². The summed E-state index contributed by atoms with van der Waals surface area (Å²) in [5.41, 5.74) is 2.08. The van der Waals surface area contributed by atoms with E-state index in [1.54, 1.807) is 0 Å². The van der Waals surface area contributed by atoms with Crippen LogP contribution in [0.3, 0.4) is 0 Å². The first-order valence-corrected chi connectivity index (χ1v) is 11.4. The molecule has 0 aliphatic heterocycles. The van der Waals surface area contributed by atoms with Gasteiger partial charge in [0.1, 0.15) is 6.04 Å². The van der Waals surface area contributed by atoms with Crippen LogP contribution in [-0.4, -0.2) is 39.6 Å². The molecule has 0 radical (unpaired) electrons. The van der Waals surface area contributed by atoms with Crippen molar-refractivity contribution in [2.75, 3.05) is 11.5 Å². The Morgan fingerprint density at radius 2 is 1.52 bits per heavy atom. The fourth-order valence-corrected chi connectivity index (χ4v) is 4.39. The number of carboxylic acids is 1. The van der Waals surface area contributed by atoms with Gasteiger partial charge in [-0.2, -0.15) is 11.8 Å². The summed E-state index contributed by atoms with van der Waals surface area (Å²) in [6, 6.07) is 18.3. The Hall–Kier alpha value is -2.25. The van der Waals surface area contributed by atoms with Crippen LogP contribution in [0.2, 0.25) is 0 Å². The predicted molar refractivity (Wildman–Crippen MR) is 119 cm³/mol. The lowest BCUT2D eigenvalue weighted by Crippen LogP contribution is -2.46. The van der Waals surface area contributed by atoms with Crippen LogP contribution in [0.5, 0.6) is 0 Å². The van der Waals surface area contributed by atoms with E-state index < -0.39 is 17.9 Å². The summed E-state index contributed by atoms with van der Waals surface area (Å²) in [6.07, 6.45) is 0.455. The lowest BCUT2D eigenvalue weighted by molar-refractivity contribution is -0.141. The Kier molecular flexibility index (Phi) is 9.80. The molecule has 0 heterocycles. The Morgan fingerprint density at radius 1 is 0.931 bits per heavy atom. The Labute approximate surface area is 179 Å². The third-order valence-electron chi connectivity index (χ3n) is 4.19. The van der Waals surface area contributed by atoms with Gasteiger partial charge in [-0.1, -0.05) is 72.4 Å². The summed E-state index contributed by atoms with van der Waals surface area (Å²) in [5, 5.41) is 12.1. The average molecular weight is 432 g/mol. The van der Waals surface area contributed by atoms with Crippen LogP contribution < -0.4 is 5.32 Å². The van der Waals surface area contributed by atoms with Crippen molar-refractivity contribution in [3.05, 3.63) is 71.8 Å². The van der Waals surface area contributed by atoms with Crippen molar-refractivity contribution in [2.45, 2.75) is 25.1 Å². The van der Waals surface area contributed by atoms with Gasteiger partial charge in [-0.05, 0) is 17.5 Å². The number of thioether (sulfide) groups is 2. The van der Waals surface area contributed by atoms with Gasteiger partial charge in [0.05, 0.1) is 5.92 Å². The zero-order chi connectivity index (χ0) is 21.1. The Bertz CT molecular complexity index is 799. The maximum Gasteiger partial charge on any atom is 0.327 e. The lowest BCUT2D eigenvalue weighted by atomic mass is 10.00. The molecule has 0 fully saturated rings. The molecule has 2 atom stereocenters. The van der Waals surface area contributed by atoms with Gasteiger partial charge < -0.3 is 10.4 Å². The highest BCUT2D eigenvalue weighted by Gasteiger charge is 2.26. The minimum absolute atomic E-state index is 0.0657. The second kappa shape index (κ2) is 12.3. The van der Waals surface area contributed by atoms with Gasteiger partial charge in [0.25, 0.3) is 0 Å². The Balaban J connectivity index is 1.96. The SMILES string of the molecule is CC(=O)SCC(Cc1ccccc1)C(=O)N[C@H](CSCc1ccccc1)C(=O)O. The fraction of sp³-hybridized carbons (Fsp3) is 0.318. The van der Waals surface area contributed by atoms with E-state index in [9.17, 15) is 19.5 Å². The molecule has 0 aliphatic rings. The molecule has 5 nitrogen and oxygen atoms in total. The molecule has 0 spiro atoms. The molecule has 2 aromatic rings. The van der Waals surface area contributed by atoms with Crippen LogP contribution in [0.15, 0.2) is 60.7 Å². The summed E-state index contributed by atoms with van der Waals surface area (Å²) >= 11 is 2.55. The molecule has 0 saturated heterocycles. The van der Waals surface area contributed by atoms with Crippen molar-refractivity contribution in [3.8, 4) is 0 Å². The van der Waals surface area contributed by atoms with Gasteiger partial charge >= 0.3 is 5.97 Å². The van der Waals surface area contributed by atoms with Crippen molar-refractivity contribution in [3.63, 3.8) is 0 Å². The van der Waals surface area contributed by atoms with Crippen LogP contribution in [0.1, 0.15) is 18.1 Å². The van der Waals surface area contributed by atoms with E-state index in [2.05, 4.69) is 5.32 Å². The van der Waals surface area contributed by atoms with Crippen molar-refractivity contribution in [1.29, 1.82) is 0 Å². The summed E-state index contributed by atoms with van der Waals surface area (Å²) < 4.78 is 0. The largest absolute Gasteiger partial charge is 0.480 e. The molecular weight excluding hydrogens is 406 g/mol. The highest BCUT2D eigenvalue weighted by Crippen LogP contribution is 2.17. The second-order valence-corrected chi connectivity index (χ2v) is 8.82. The summed E-state index contributed by atoms with van der Waals surface area (Å²) in [4.78, 5) is 35.8. The van der Waals surface area contributed by atoms with Crippen LogP contribution in [0.4, 0.5) is 0 Å². The monoisotopic (exact) mass is 431 g/mol. The van der Waals surface area contributed by atoms with E-state index in [-0.39, 0.29) is 16.8 Å². The maximum absolute atomic E-state index is 12.8. The zero-order valence-electron chi connectivity index (χ0n) is 16.2. The third-order valence-corrected chi connectivity index (χ3v) is 6.28. The number of carbonyl (C=O) groups is 3. The molecular formula is C22H25NO4S2. The molecule has 1 amide bonds. The number of benzene rings is 2. The number of hydrogen-bond acceptors (Lipinski definition) is 5. The van der Waals surface area contributed by atoms with Gasteiger partial charge in [-0.3, -0.25) is 9.59 Å². The third kappa shape index (κ3) is 8.75. The van der Waals surface area contributed by atoms with Crippen molar-refractivity contribution in [1.82, 2.24) is 5.32 Å². The van der Waals surface area contributed by atoms with Crippen molar-refractivity contribution in [2.24, 2.45) is 5.92 Å². The normalized spacial score (nSPS) is 12.7. The molecule has 29 heavy (non-hydrogen) atoms. The van der Waals surface area contributed by atoms with E-state index in [0.717, 1.165) is 22.9 Å². The number of carbonyl (C=O) groups excluding carboxylic acids is 2. The molecule has 2 rings (SSSR count). The van der Waals surface area contributed by atoms with Gasteiger partial charge in [-0.25, -0.2) is 4.79 Å². The molecule has 1 unspecified atom stereocenters. The number of hydrogen-bond donors (Lipinski definition) is 2. The molecule has 7 heteroatoms. The van der Waals surface area contributed by atoms with E-state index in [0.29, 0.717) is 17.9 Å². The standard InChI is InChI=1S/C22H25NO4S2/c1-16(24)29-14-19(12-17-8-4-2-5-9-17)21(25)23-20(22(26)27)15-28-13-18-10-6-3-7-11-18/h2-11,19-20H,12-15H2,1H3,(H,23,25)(H,26,27)/t19?,20-/m1/s1. The van der Waals surface area contributed by atoms with Gasteiger partial charge in [0.2, 0.25) is 5.91 Å². The quantitative estimate of drug-likeness (QED) is 0.565. The molecule has 0 bridgehead atoms. The predicted octanol–water partition coefficient (Wildman–Crippen LogP) is 3.63. The molecule has 2 aromatic carbocycles. The van der Waals surface area contributed by atoms with Crippen LogP contribution in [-0.2, 0) is 26.6 Å². The number of carboxylic acid groups (broad SMARTS) is 1. The van der Waals surface area contributed by atoms with Gasteiger partial charge in [-0.15, -0.1) is 0 Å². The zero-order valence-corrected chi connectivity index (χ0v) is 17.9. The minimum atomic E-state index is -1.06. The van der Waals surface area contributed by atoms with E-state index in [1.807, 2.05) is 60.7 Å². The molecule has 0 aliphatic carbocycles. The van der Waals surface area contributed by atoms with Crippen molar-refractivity contribution < 1.29 is 19.5 Å². The number of aliphatic carboxylic acids is 1. The van der Waals surface area contributed by atoms with Crippen LogP contribution in [0, 0.1) is 5.92 Å². The fourth-order valence-electron chi connectivity index (χ4n) is 2.68. The summed E-state index contributed by atoms with van der Waals surface area (Å²) in [5.74, 6) is -0.610. The second-order valence-electron chi connectivity index (χ2n) is 6.59. The first-order chi connectivity index (χ1) is 14.0. The van der Waals surface area contributed by atoms with E-state index in [1.165, 1.54) is 18.7 Å². The first-order valence-electron chi connectivity index (χ1n) is 9.28. The number of rotatable bonds is 11. The smallest absolute Gasteiger partial charge is 0.327 e. The molecule has 154 valence electrons. The molecule has 0 saturated carbocycles. The summed E-state index contributed by atoms with van der Waals surface area (Å²) in [6.45, 7) is 1.46. The Morgan fingerprint density at radius 3 is 2.07 bits per heavy atom.